The number of aromatic amines is 1. The lowest BCUT2D eigenvalue weighted by molar-refractivity contribution is -0.125. The van der Waals surface area contributed by atoms with Gasteiger partial charge in [-0.05, 0) is 24.0 Å². The smallest absolute Gasteiger partial charge is 0.237 e. The van der Waals surface area contributed by atoms with Gasteiger partial charge in [-0.3, -0.25) is 4.79 Å². The van der Waals surface area contributed by atoms with Gasteiger partial charge in [0.05, 0.1) is 12.1 Å². The Morgan fingerprint density at radius 1 is 1.36 bits per heavy atom. The number of fused-ring (bicyclic) bond motifs is 1. The normalized spacial score (nSPS) is 14.0. The molecule has 0 aliphatic heterocycles. The molecule has 0 fully saturated rings. The van der Waals surface area contributed by atoms with Crippen LogP contribution < -0.4 is 11.1 Å². The van der Waals surface area contributed by atoms with Crippen LogP contribution in [0.25, 0.3) is 10.9 Å². The van der Waals surface area contributed by atoms with Gasteiger partial charge in [-0.25, -0.2) is 0 Å². The second kappa shape index (κ2) is 7.22. The van der Waals surface area contributed by atoms with Crippen molar-refractivity contribution in [2.24, 2.45) is 11.7 Å². The Labute approximate surface area is 130 Å². The first kappa shape index (κ1) is 16.2. The molecule has 5 heteroatoms. The maximum atomic E-state index is 12.0. The minimum atomic E-state index is -0.578. The van der Waals surface area contributed by atoms with E-state index in [1.807, 2.05) is 44.3 Å². The van der Waals surface area contributed by atoms with Crippen LogP contribution in [-0.4, -0.2) is 29.3 Å². The molecule has 1 aromatic carbocycles. The molecule has 0 aliphatic rings. The summed E-state index contributed by atoms with van der Waals surface area (Å²) in [5.74, 6) is 0.0645. The van der Waals surface area contributed by atoms with Crippen LogP contribution >= 0.6 is 0 Å². The highest BCUT2D eigenvalue weighted by atomic mass is 16.2. The molecule has 0 bridgehead atoms. The fraction of sp³-hybridized carbons (Fsp3) is 0.412. The Hall–Kier alpha value is -2.14. The highest BCUT2D eigenvalue weighted by Crippen LogP contribution is 2.18. The topological polar surface area (TPSA) is 88.0 Å². The number of hydrogen-bond donors (Lipinski definition) is 3. The first-order valence-corrected chi connectivity index (χ1v) is 7.57. The Bertz CT molecular complexity index is 648. The number of aldehydes is 1. The lowest BCUT2D eigenvalue weighted by Crippen LogP contribution is -2.47. The van der Waals surface area contributed by atoms with Crippen LogP contribution in [0.2, 0.25) is 0 Å². The quantitative estimate of drug-likeness (QED) is 0.681. The van der Waals surface area contributed by atoms with E-state index >= 15 is 0 Å². The summed E-state index contributed by atoms with van der Waals surface area (Å²) in [4.78, 5) is 26.5. The SMILES string of the molecule is CC(C)C[C@H](N)C(=O)N[C@@H](C=O)Cc1c[nH]c2ccccc12. The Morgan fingerprint density at radius 2 is 2.09 bits per heavy atom. The fourth-order valence-corrected chi connectivity index (χ4v) is 2.58. The number of para-hydroxylation sites is 1. The van der Waals surface area contributed by atoms with Gasteiger partial charge in [0.25, 0.3) is 0 Å². The molecule has 2 rings (SSSR count). The van der Waals surface area contributed by atoms with E-state index in [1.54, 1.807) is 0 Å². The molecule has 4 N–H and O–H groups in total. The first-order valence-electron chi connectivity index (χ1n) is 7.57. The summed E-state index contributed by atoms with van der Waals surface area (Å²) in [6, 6.07) is 6.73. The van der Waals surface area contributed by atoms with Gasteiger partial charge in [0.2, 0.25) is 5.91 Å². The fourth-order valence-electron chi connectivity index (χ4n) is 2.58. The van der Waals surface area contributed by atoms with Crippen molar-refractivity contribution in [3.8, 4) is 0 Å². The van der Waals surface area contributed by atoms with Crippen LogP contribution in [0.4, 0.5) is 0 Å². The number of aromatic nitrogens is 1. The molecular formula is C17H23N3O2. The third-order valence-electron chi connectivity index (χ3n) is 3.67. The predicted molar refractivity (Wildman–Crippen MR) is 87.4 cm³/mol. The number of nitrogens with one attached hydrogen (secondary N) is 2. The van der Waals surface area contributed by atoms with Crippen molar-refractivity contribution in [1.29, 1.82) is 0 Å². The predicted octanol–water partition coefficient (Wildman–Crippen LogP) is 1.77. The van der Waals surface area contributed by atoms with Gasteiger partial charge in [0, 0.05) is 23.5 Å². The monoisotopic (exact) mass is 301 g/mol. The number of benzene rings is 1. The molecule has 0 radical (unpaired) electrons. The molecule has 0 saturated heterocycles. The van der Waals surface area contributed by atoms with E-state index in [1.165, 1.54) is 0 Å². The third-order valence-corrected chi connectivity index (χ3v) is 3.67. The van der Waals surface area contributed by atoms with E-state index in [0.29, 0.717) is 18.8 Å². The van der Waals surface area contributed by atoms with Crippen LogP contribution in [0.3, 0.4) is 0 Å². The summed E-state index contributed by atoms with van der Waals surface area (Å²) in [6.07, 6.45) is 3.70. The summed E-state index contributed by atoms with van der Waals surface area (Å²) < 4.78 is 0. The number of amides is 1. The first-order chi connectivity index (χ1) is 10.5. The van der Waals surface area contributed by atoms with Gasteiger partial charge in [-0.15, -0.1) is 0 Å². The zero-order chi connectivity index (χ0) is 16.1. The largest absolute Gasteiger partial charge is 0.361 e. The van der Waals surface area contributed by atoms with Crippen molar-refractivity contribution in [1.82, 2.24) is 10.3 Å². The average molecular weight is 301 g/mol. The van der Waals surface area contributed by atoms with Crippen molar-refractivity contribution >= 4 is 23.1 Å². The molecule has 1 amide bonds. The second-order valence-electron chi connectivity index (χ2n) is 6.05. The van der Waals surface area contributed by atoms with Gasteiger partial charge in [-0.2, -0.15) is 0 Å². The van der Waals surface area contributed by atoms with Crippen molar-refractivity contribution < 1.29 is 9.59 Å². The van der Waals surface area contributed by atoms with E-state index in [0.717, 1.165) is 22.8 Å². The zero-order valence-corrected chi connectivity index (χ0v) is 13.0. The summed E-state index contributed by atoms with van der Waals surface area (Å²) in [5, 5.41) is 3.79. The number of hydrogen-bond acceptors (Lipinski definition) is 3. The van der Waals surface area contributed by atoms with Crippen molar-refractivity contribution in [3.63, 3.8) is 0 Å². The molecule has 118 valence electrons. The van der Waals surface area contributed by atoms with Crippen LogP contribution in [0.1, 0.15) is 25.8 Å². The zero-order valence-electron chi connectivity index (χ0n) is 13.0. The number of carbonyl (C=O) groups is 2. The number of nitrogens with two attached hydrogens (primary N) is 1. The molecule has 22 heavy (non-hydrogen) atoms. The Kier molecular flexibility index (Phi) is 5.33. The molecule has 2 atom stereocenters. The summed E-state index contributed by atoms with van der Waals surface area (Å²) >= 11 is 0. The maximum Gasteiger partial charge on any atom is 0.237 e. The van der Waals surface area contributed by atoms with Gasteiger partial charge >= 0.3 is 0 Å². The van der Waals surface area contributed by atoms with Gasteiger partial charge in [-0.1, -0.05) is 32.0 Å². The molecular weight excluding hydrogens is 278 g/mol. The highest BCUT2D eigenvalue weighted by molar-refractivity contribution is 5.86. The molecule has 1 heterocycles. The van der Waals surface area contributed by atoms with Gasteiger partial charge in [0.15, 0.2) is 0 Å². The van der Waals surface area contributed by atoms with Crippen molar-refractivity contribution in [3.05, 3.63) is 36.0 Å². The molecule has 0 saturated carbocycles. The van der Waals surface area contributed by atoms with Gasteiger partial charge < -0.3 is 20.8 Å². The van der Waals surface area contributed by atoms with Crippen LogP contribution in [0, 0.1) is 5.92 Å². The third kappa shape index (κ3) is 3.95. The van der Waals surface area contributed by atoms with E-state index < -0.39 is 12.1 Å². The number of H-pyrrole nitrogens is 1. The van der Waals surface area contributed by atoms with E-state index in [4.69, 9.17) is 5.73 Å². The highest BCUT2D eigenvalue weighted by Gasteiger charge is 2.19. The minimum absolute atomic E-state index is 0.273. The second-order valence-corrected chi connectivity index (χ2v) is 6.05. The lowest BCUT2D eigenvalue weighted by atomic mass is 10.0. The van der Waals surface area contributed by atoms with Crippen LogP contribution in [0.5, 0.6) is 0 Å². The summed E-state index contributed by atoms with van der Waals surface area (Å²) in [6.45, 7) is 4.02. The number of carbonyl (C=O) groups excluding carboxylic acids is 2. The van der Waals surface area contributed by atoms with E-state index in [-0.39, 0.29) is 5.91 Å². The van der Waals surface area contributed by atoms with Gasteiger partial charge in [0.1, 0.15) is 6.29 Å². The van der Waals surface area contributed by atoms with E-state index in [2.05, 4.69) is 10.3 Å². The number of rotatable bonds is 7. The molecule has 0 aliphatic carbocycles. The molecule has 1 aromatic heterocycles. The Morgan fingerprint density at radius 3 is 2.77 bits per heavy atom. The molecule has 0 unspecified atom stereocenters. The summed E-state index contributed by atoms with van der Waals surface area (Å²) in [7, 11) is 0. The van der Waals surface area contributed by atoms with Crippen LogP contribution in [0.15, 0.2) is 30.5 Å². The van der Waals surface area contributed by atoms with Crippen molar-refractivity contribution in [2.45, 2.75) is 38.8 Å². The standard InChI is InChI=1S/C17H23N3O2/c1-11(2)7-15(18)17(22)20-13(10-21)8-12-9-19-16-6-4-3-5-14(12)16/h3-6,9-11,13,15,19H,7-8,18H2,1-2H3,(H,20,22)/t13-,15+/m1/s1. The summed E-state index contributed by atoms with van der Waals surface area (Å²) in [5.41, 5.74) is 7.87. The molecule has 0 spiro atoms. The lowest BCUT2D eigenvalue weighted by Gasteiger charge is -2.17. The minimum Gasteiger partial charge on any atom is -0.361 e. The Balaban J connectivity index is 2.03. The maximum absolute atomic E-state index is 12.0. The molecule has 5 nitrogen and oxygen atoms in total. The average Bonchev–Trinajstić information content (AvgIpc) is 2.89. The van der Waals surface area contributed by atoms with Crippen LogP contribution in [-0.2, 0) is 16.0 Å². The molecule has 2 aromatic rings. The van der Waals surface area contributed by atoms with E-state index in [9.17, 15) is 9.59 Å². The van der Waals surface area contributed by atoms with Crippen molar-refractivity contribution in [2.75, 3.05) is 0 Å².